The summed E-state index contributed by atoms with van der Waals surface area (Å²) in [5, 5.41) is 0.871. The maximum Gasteiger partial charge on any atom is 0.0453 e. The summed E-state index contributed by atoms with van der Waals surface area (Å²) in [6, 6.07) is 6.40. The van der Waals surface area contributed by atoms with E-state index in [2.05, 4.69) is 17.9 Å². The van der Waals surface area contributed by atoms with E-state index in [9.17, 15) is 0 Å². The smallest absolute Gasteiger partial charge is 0.0453 e. The number of benzene rings is 1. The highest BCUT2D eigenvalue weighted by Gasteiger charge is 2.20. The summed E-state index contributed by atoms with van der Waals surface area (Å²) in [5.74, 6) is 0. The van der Waals surface area contributed by atoms with Crippen LogP contribution in [0.15, 0.2) is 18.2 Å². The van der Waals surface area contributed by atoms with Crippen LogP contribution in [-0.4, -0.2) is 24.0 Å². The Morgan fingerprint density at radius 3 is 2.93 bits per heavy atom. The standard InChI is InChI=1S/C12H17ClN2/c1-9-3-2-4-12(13)11(9)8-15-6-5-10(14)7-15/h2-4,10H,5-8,14H2,1H3/t10-/m1/s1. The minimum absolute atomic E-state index is 0.341. The lowest BCUT2D eigenvalue weighted by Crippen LogP contribution is -2.26. The van der Waals surface area contributed by atoms with Crippen molar-refractivity contribution in [2.45, 2.75) is 25.9 Å². The molecule has 15 heavy (non-hydrogen) atoms. The molecule has 2 rings (SSSR count). The van der Waals surface area contributed by atoms with E-state index >= 15 is 0 Å². The zero-order valence-electron chi connectivity index (χ0n) is 9.04. The summed E-state index contributed by atoms with van der Waals surface area (Å²) in [7, 11) is 0. The largest absolute Gasteiger partial charge is 0.326 e. The third-order valence-corrected chi connectivity index (χ3v) is 3.40. The van der Waals surface area contributed by atoms with Gasteiger partial charge in [0.05, 0.1) is 0 Å². The van der Waals surface area contributed by atoms with Crippen molar-refractivity contribution in [2.75, 3.05) is 13.1 Å². The number of aryl methyl sites for hydroxylation is 1. The molecule has 0 radical (unpaired) electrons. The summed E-state index contributed by atoms with van der Waals surface area (Å²) < 4.78 is 0. The van der Waals surface area contributed by atoms with Crippen LogP contribution in [0.2, 0.25) is 5.02 Å². The van der Waals surface area contributed by atoms with Crippen LogP contribution < -0.4 is 5.73 Å². The van der Waals surface area contributed by atoms with Gasteiger partial charge in [0.15, 0.2) is 0 Å². The van der Waals surface area contributed by atoms with E-state index in [1.54, 1.807) is 0 Å². The van der Waals surface area contributed by atoms with Gasteiger partial charge in [0, 0.05) is 30.7 Å². The quantitative estimate of drug-likeness (QED) is 0.835. The van der Waals surface area contributed by atoms with Gasteiger partial charge in [-0.05, 0) is 30.5 Å². The van der Waals surface area contributed by atoms with Crippen LogP contribution >= 0.6 is 11.6 Å². The number of halogens is 1. The normalized spacial score (nSPS) is 22.2. The minimum Gasteiger partial charge on any atom is -0.326 e. The molecule has 1 aliphatic heterocycles. The van der Waals surface area contributed by atoms with Crippen LogP contribution in [0.3, 0.4) is 0 Å². The topological polar surface area (TPSA) is 29.3 Å². The molecule has 0 bridgehead atoms. The predicted octanol–water partition coefficient (Wildman–Crippen LogP) is 2.18. The maximum absolute atomic E-state index is 6.19. The molecule has 1 saturated heterocycles. The molecule has 2 N–H and O–H groups in total. The maximum atomic E-state index is 6.19. The summed E-state index contributed by atoms with van der Waals surface area (Å²) in [5.41, 5.74) is 8.39. The first-order valence-corrected chi connectivity index (χ1v) is 5.76. The zero-order chi connectivity index (χ0) is 10.8. The lowest BCUT2D eigenvalue weighted by Gasteiger charge is -2.17. The zero-order valence-corrected chi connectivity index (χ0v) is 9.80. The fourth-order valence-corrected chi connectivity index (χ4v) is 2.38. The highest BCUT2D eigenvalue weighted by molar-refractivity contribution is 6.31. The minimum atomic E-state index is 0.341. The van der Waals surface area contributed by atoms with Gasteiger partial charge in [-0.15, -0.1) is 0 Å². The molecule has 0 amide bonds. The third-order valence-electron chi connectivity index (χ3n) is 3.04. The Kier molecular flexibility index (Phi) is 3.29. The molecule has 0 aliphatic carbocycles. The molecule has 0 saturated carbocycles. The van der Waals surface area contributed by atoms with Crippen LogP contribution in [0.1, 0.15) is 17.5 Å². The van der Waals surface area contributed by atoms with Crippen LogP contribution in [0, 0.1) is 6.92 Å². The second-order valence-corrected chi connectivity index (χ2v) is 4.73. The van der Waals surface area contributed by atoms with Gasteiger partial charge >= 0.3 is 0 Å². The van der Waals surface area contributed by atoms with Gasteiger partial charge in [-0.3, -0.25) is 4.90 Å². The molecule has 1 fully saturated rings. The molecule has 0 unspecified atom stereocenters. The fraction of sp³-hybridized carbons (Fsp3) is 0.500. The fourth-order valence-electron chi connectivity index (χ4n) is 2.10. The molecular formula is C12H17ClN2. The number of hydrogen-bond acceptors (Lipinski definition) is 2. The Morgan fingerprint density at radius 1 is 1.53 bits per heavy atom. The van der Waals surface area contributed by atoms with Gasteiger partial charge < -0.3 is 5.73 Å². The molecule has 1 atom stereocenters. The van der Waals surface area contributed by atoms with Crippen molar-refractivity contribution in [3.63, 3.8) is 0 Å². The van der Waals surface area contributed by atoms with Crippen molar-refractivity contribution in [1.29, 1.82) is 0 Å². The van der Waals surface area contributed by atoms with Gasteiger partial charge in [0.2, 0.25) is 0 Å². The lowest BCUT2D eigenvalue weighted by atomic mass is 10.1. The van der Waals surface area contributed by atoms with E-state index in [-0.39, 0.29) is 0 Å². The molecule has 3 heteroatoms. The Hall–Kier alpha value is -0.570. The van der Waals surface area contributed by atoms with Crippen LogP contribution in [0.4, 0.5) is 0 Å². The first kappa shape index (κ1) is 10.9. The lowest BCUT2D eigenvalue weighted by molar-refractivity contribution is 0.326. The number of likely N-dealkylation sites (tertiary alicyclic amines) is 1. The van der Waals surface area contributed by atoms with E-state index in [0.717, 1.165) is 31.1 Å². The molecule has 1 aromatic rings. The summed E-state index contributed by atoms with van der Waals surface area (Å²) in [4.78, 5) is 2.37. The van der Waals surface area contributed by atoms with Crippen LogP contribution in [0.25, 0.3) is 0 Å². The van der Waals surface area contributed by atoms with Crippen LogP contribution in [0.5, 0.6) is 0 Å². The predicted molar refractivity (Wildman–Crippen MR) is 64.1 cm³/mol. The molecule has 1 heterocycles. The molecule has 82 valence electrons. The second-order valence-electron chi connectivity index (χ2n) is 4.32. The number of nitrogens with zero attached hydrogens (tertiary/aromatic N) is 1. The van der Waals surface area contributed by atoms with Gasteiger partial charge in [-0.2, -0.15) is 0 Å². The van der Waals surface area contributed by atoms with Crippen molar-refractivity contribution in [2.24, 2.45) is 5.73 Å². The van der Waals surface area contributed by atoms with Crippen molar-refractivity contribution in [3.05, 3.63) is 34.3 Å². The van der Waals surface area contributed by atoms with Gasteiger partial charge in [0.1, 0.15) is 0 Å². The molecule has 0 spiro atoms. The summed E-state index contributed by atoms with van der Waals surface area (Å²) in [6.45, 7) is 5.12. The van der Waals surface area contributed by atoms with Gasteiger partial charge in [-0.1, -0.05) is 23.7 Å². The first-order valence-electron chi connectivity index (χ1n) is 5.39. The summed E-state index contributed by atoms with van der Waals surface area (Å²) >= 11 is 6.19. The first-order chi connectivity index (χ1) is 7.16. The molecule has 1 aliphatic rings. The highest BCUT2D eigenvalue weighted by atomic mass is 35.5. The Labute approximate surface area is 96.0 Å². The van der Waals surface area contributed by atoms with Crippen molar-refractivity contribution in [1.82, 2.24) is 4.90 Å². The van der Waals surface area contributed by atoms with E-state index in [0.29, 0.717) is 6.04 Å². The Balaban J connectivity index is 2.10. The van der Waals surface area contributed by atoms with Crippen molar-refractivity contribution in [3.8, 4) is 0 Å². The Morgan fingerprint density at radius 2 is 2.33 bits per heavy atom. The number of hydrogen-bond donors (Lipinski definition) is 1. The summed E-state index contributed by atoms with van der Waals surface area (Å²) in [6.07, 6.45) is 1.10. The highest BCUT2D eigenvalue weighted by Crippen LogP contribution is 2.22. The average molecular weight is 225 g/mol. The number of rotatable bonds is 2. The van der Waals surface area contributed by atoms with E-state index < -0.39 is 0 Å². The molecule has 1 aromatic carbocycles. The van der Waals surface area contributed by atoms with E-state index in [4.69, 9.17) is 17.3 Å². The molecular weight excluding hydrogens is 208 g/mol. The third kappa shape index (κ3) is 2.51. The SMILES string of the molecule is Cc1cccc(Cl)c1CN1CC[C@@H](N)C1. The van der Waals surface area contributed by atoms with Gasteiger partial charge in [0.25, 0.3) is 0 Å². The average Bonchev–Trinajstić information content (AvgIpc) is 2.58. The second kappa shape index (κ2) is 4.52. The van der Waals surface area contributed by atoms with E-state index in [1.807, 2.05) is 12.1 Å². The van der Waals surface area contributed by atoms with E-state index in [1.165, 1.54) is 11.1 Å². The van der Waals surface area contributed by atoms with Gasteiger partial charge in [-0.25, -0.2) is 0 Å². The van der Waals surface area contributed by atoms with Crippen LogP contribution in [-0.2, 0) is 6.54 Å². The van der Waals surface area contributed by atoms with Crippen molar-refractivity contribution < 1.29 is 0 Å². The monoisotopic (exact) mass is 224 g/mol. The molecule has 0 aromatic heterocycles. The number of nitrogens with two attached hydrogens (primary N) is 1. The van der Waals surface area contributed by atoms with Crippen molar-refractivity contribution >= 4 is 11.6 Å². The molecule has 2 nitrogen and oxygen atoms in total. The Bertz CT molecular complexity index is 331.